The lowest BCUT2D eigenvalue weighted by molar-refractivity contribution is -0.112. The second-order valence-corrected chi connectivity index (χ2v) is 4.03. The second kappa shape index (κ2) is 5.13. The second-order valence-electron chi connectivity index (χ2n) is 4.03. The molecule has 1 heteroatoms. The van der Waals surface area contributed by atoms with Crippen LogP contribution in [-0.4, -0.2) is 5.78 Å². The van der Waals surface area contributed by atoms with E-state index in [0.717, 1.165) is 6.42 Å². The standard InChI is InChI=1S/C11H20O/c1-8(2)10(4)6-9(3)7-11(5)12/h7-8,10H,6H2,1-5H3/b9-7-. The fraction of sp³-hybridized carbons (Fsp3) is 0.727. The van der Waals surface area contributed by atoms with Crippen molar-refractivity contribution in [2.24, 2.45) is 11.8 Å². The summed E-state index contributed by atoms with van der Waals surface area (Å²) in [6.07, 6.45) is 2.77. The van der Waals surface area contributed by atoms with Gasteiger partial charge in [-0.1, -0.05) is 26.3 Å². The van der Waals surface area contributed by atoms with Crippen molar-refractivity contribution in [3.63, 3.8) is 0 Å². The Morgan fingerprint density at radius 2 is 1.75 bits per heavy atom. The summed E-state index contributed by atoms with van der Waals surface area (Å²) in [5.74, 6) is 1.52. The maximum atomic E-state index is 10.7. The third kappa shape index (κ3) is 5.11. The largest absolute Gasteiger partial charge is 0.295 e. The maximum absolute atomic E-state index is 10.7. The SMILES string of the molecule is CC(=O)/C=C(/C)CC(C)C(C)C. The van der Waals surface area contributed by atoms with Crippen LogP contribution in [0.4, 0.5) is 0 Å². The van der Waals surface area contributed by atoms with Crippen molar-refractivity contribution >= 4 is 5.78 Å². The molecule has 1 atom stereocenters. The van der Waals surface area contributed by atoms with Gasteiger partial charge in [0, 0.05) is 0 Å². The van der Waals surface area contributed by atoms with Gasteiger partial charge in [-0.3, -0.25) is 4.79 Å². The molecule has 1 unspecified atom stereocenters. The average molecular weight is 168 g/mol. The summed E-state index contributed by atoms with van der Waals surface area (Å²) in [6, 6.07) is 0. The first kappa shape index (κ1) is 11.4. The lowest BCUT2D eigenvalue weighted by Gasteiger charge is -2.15. The van der Waals surface area contributed by atoms with E-state index in [0.29, 0.717) is 11.8 Å². The molecule has 70 valence electrons. The summed E-state index contributed by atoms with van der Waals surface area (Å²) in [5.41, 5.74) is 1.20. The van der Waals surface area contributed by atoms with Crippen LogP contribution in [0.15, 0.2) is 11.6 Å². The first-order valence-electron chi connectivity index (χ1n) is 4.61. The van der Waals surface area contributed by atoms with E-state index in [1.165, 1.54) is 5.57 Å². The van der Waals surface area contributed by atoms with Crippen LogP contribution in [0.1, 0.15) is 41.0 Å². The van der Waals surface area contributed by atoms with Gasteiger partial charge in [0.25, 0.3) is 0 Å². The van der Waals surface area contributed by atoms with Gasteiger partial charge in [0.15, 0.2) is 5.78 Å². The number of rotatable bonds is 4. The van der Waals surface area contributed by atoms with Gasteiger partial charge in [0.1, 0.15) is 0 Å². The number of ketones is 1. The Morgan fingerprint density at radius 3 is 2.08 bits per heavy atom. The molecule has 0 aliphatic rings. The topological polar surface area (TPSA) is 17.1 Å². The monoisotopic (exact) mass is 168 g/mol. The number of hydrogen-bond donors (Lipinski definition) is 0. The smallest absolute Gasteiger partial charge is 0.152 e. The van der Waals surface area contributed by atoms with Crippen LogP contribution < -0.4 is 0 Å². The number of allylic oxidation sites excluding steroid dienone is 2. The minimum atomic E-state index is 0.156. The van der Waals surface area contributed by atoms with Crippen molar-refractivity contribution in [2.75, 3.05) is 0 Å². The Hall–Kier alpha value is -0.590. The van der Waals surface area contributed by atoms with Gasteiger partial charge in [-0.25, -0.2) is 0 Å². The van der Waals surface area contributed by atoms with Crippen LogP contribution in [0.5, 0.6) is 0 Å². The van der Waals surface area contributed by atoms with Gasteiger partial charge in [-0.2, -0.15) is 0 Å². The Balaban J connectivity index is 4.00. The van der Waals surface area contributed by atoms with Crippen LogP contribution in [0.25, 0.3) is 0 Å². The molecule has 0 bridgehead atoms. The fourth-order valence-corrected chi connectivity index (χ4v) is 1.15. The zero-order valence-electron chi connectivity index (χ0n) is 8.85. The molecule has 0 amide bonds. The van der Waals surface area contributed by atoms with Crippen LogP contribution in [0, 0.1) is 11.8 Å². The van der Waals surface area contributed by atoms with Crippen LogP contribution >= 0.6 is 0 Å². The van der Waals surface area contributed by atoms with Crippen LogP contribution in [-0.2, 0) is 4.79 Å². The van der Waals surface area contributed by atoms with Gasteiger partial charge in [-0.05, 0) is 38.2 Å². The van der Waals surface area contributed by atoms with E-state index in [4.69, 9.17) is 0 Å². The van der Waals surface area contributed by atoms with E-state index in [9.17, 15) is 4.79 Å². The number of carbonyl (C=O) groups is 1. The lowest BCUT2D eigenvalue weighted by atomic mass is 9.91. The first-order valence-corrected chi connectivity index (χ1v) is 4.61. The molecule has 0 fully saturated rings. The van der Waals surface area contributed by atoms with Crippen molar-refractivity contribution < 1.29 is 4.79 Å². The van der Waals surface area contributed by atoms with Gasteiger partial charge < -0.3 is 0 Å². The van der Waals surface area contributed by atoms with E-state index < -0.39 is 0 Å². The summed E-state index contributed by atoms with van der Waals surface area (Å²) in [7, 11) is 0. The molecule has 1 nitrogen and oxygen atoms in total. The van der Waals surface area contributed by atoms with Gasteiger partial charge in [-0.15, -0.1) is 0 Å². The van der Waals surface area contributed by atoms with Crippen LogP contribution in [0.3, 0.4) is 0 Å². The molecule has 0 aliphatic carbocycles. The van der Waals surface area contributed by atoms with Gasteiger partial charge in [0.2, 0.25) is 0 Å². The van der Waals surface area contributed by atoms with Gasteiger partial charge >= 0.3 is 0 Å². The highest BCUT2D eigenvalue weighted by Crippen LogP contribution is 2.18. The molecule has 0 aliphatic heterocycles. The average Bonchev–Trinajstić information content (AvgIpc) is 1.84. The molecule has 0 aromatic carbocycles. The molecule has 12 heavy (non-hydrogen) atoms. The molecule has 0 N–H and O–H groups in total. The molecular weight excluding hydrogens is 148 g/mol. The molecule has 0 aromatic heterocycles. The zero-order valence-corrected chi connectivity index (χ0v) is 8.85. The van der Waals surface area contributed by atoms with Crippen molar-refractivity contribution in [1.82, 2.24) is 0 Å². The van der Waals surface area contributed by atoms with Crippen molar-refractivity contribution in [2.45, 2.75) is 41.0 Å². The minimum absolute atomic E-state index is 0.156. The number of hydrogen-bond acceptors (Lipinski definition) is 1. The summed E-state index contributed by atoms with van der Waals surface area (Å²) < 4.78 is 0. The molecule has 0 radical (unpaired) electrons. The van der Waals surface area contributed by atoms with Crippen LogP contribution in [0.2, 0.25) is 0 Å². The third-order valence-corrected chi connectivity index (χ3v) is 2.23. The predicted octanol–water partition coefficient (Wildman–Crippen LogP) is 3.20. The molecule has 0 saturated heterocycles. The van der Waals surface area contributed by atoms with E-state index in [-0.39, 0.29) is 5.78 Å². The first-order chi connectivity index (χ1) is 5.43. The summed E-state index contributed by atoms with van der Waals surface area (Å²) in [6.45, 7) is 10.3. The molecule has 0 aromatic rings. The van der Waals surface area contributed by atoms with E-state index in [2.05, 4.69) is 20.8 Å². The Morgan fingerprint density at radius 1 is 1.25 bits per heavy atom. The Kier molecular flexibility index (Phi) is 4.87. The van der Waals surface area contributed by atoms with E-state index in [1.54, 1.807) is 13.0 Å². The number of carbonyl (C=O) groups excluding carboxylic acids is 1. The minimum Gasteiger partial charge on any atom is -0.295 e. The quantitative estimate of drug-likeness (QED) is 0.589. The molecule has 0 heterocycles. The Labute approximate surface area is 75.9 Å². The highest BCUT2D eigenvalue weighted by molar-refractivity contribution is 5.87. The molecular formula is C11H20O. The van der Waals surface area contributed by atoms with Gasteiger partial charge in [0.05, 0.1) is 0 Å². The lowest BCUT2D eigenvalue weighted by Crippen LogP contribution is -2.04. The molecule has 0 rings (SSSR count). The maximum Gasteiger partial charge on any atom is 0.152 e. The summed E-state index contributed by atoms with van der Waals surface area (Å²) in [5, 5.41) is 0. The molecule has 0 saturated carbocycles. The highest BCUT2D eigenvalue weighted by atomic mass is 16.1. The highest BCUT2D eigenvalue weighted by Gasteiger charge is 2.07. The third-order valence-electron chi connectivity index (χ3n) is 2.23. The van der Waals surface area contributed by atoms with E-state index >= 15 is 0 Å². The predicted molar refractivity (Wildman–Crippen MR) is 53.1 cm³/mol. The molecule has 0 spiro atoms. The normalized spacial score (nSPS) is 15.0. The van der Waals surface area contributed by atoms with Crippen molar-refractivity contribution in [3.8, 4) is 0 Å². The Bertz CT molecular complexity index is 177. The van der Waals surface area contributed by atoms with Crippen molar-refractivity contribution in [3.05, 3.63) is 11.6 Å². The van der Waals surface area contributed by atoms with E-state index in [1.807, 2.05) is 6.92 Å². The summed E-state index contributed by atoms with van der Waals surface area (Å²) >= 11 is 0. The van der Waals surface area contributed by atoms with Crippen molar-refractivity contribution in [1.29, 1.82) is 0 Å². The zero-order chi connectivity index (χ0) is 9.72. The summed E-state index contributed by atoms with van der Waals surface area (Å²) in [4.78, 5) is 10.7. The fourth-order valence-electron chi connectivity index (χ4n) is 1.15.